The van der Waals surface area contributed by atoms with Gasteiger partial charge in [0, 0.05) is 23.4 Å². The second-order valence-corrected chi connectivity index (χ2v) is 6.99. The van der Waals surface area contributed by atoms with Gasteiger partial charge in [-0.1, -0.05) is 23.9 Å². The number of nitrogens with two attached hydrogens (primary N) is 1. The molecule has 154 valence electrons. The molecule has 0 aliphatic rings. The number of carbonyl (C=O) groups excluding carboxylic acids is 1. The van der Waals surface area contributed by atoms with Crippen LogP contribution in [0.25, 0.3) is 0 Å². The van der Waals surface area contributed by atoms with E-state index >= 15 is 0 Å². The molecule has 0 bridgehead atoms. The molecule has 1 heterocycles. The highest BCUT2D eigenvalue weighted by Crippen LogP contribution is 2.23. The van der Waals surface area contributed by atoms with E-state index < -0.39 is 16.4 Å². The molecule has 1 amide bonds. The molecule has 3 rings (SSSR count). The summed E-state index contributed by atoms with van der Waals surface area (Å²) in [7, 11) is 1.52. The molecule has 0 radical (unpaired) electrons. The van der Waals surface area contributed by atoms with Gasteiger partial charge in [-0.05, 0) is 29.8 Å². The lowest BCUT2D eigenvalue weighted by Gasteiger charge is -2.09. The summed E-state index contributed by atoms with van der Waals surface area (Å²) in [6.45, 7) is 0. The van der Waals surface area contributed by atoms with Gasteiger partial charge in [-0.25, -0.2) is 4.98 Å². The van der Waals surface area contributed by atoms with Crippen molar-refractivity contribution in [1.29, 1.82) is 0 Å². The van der Waals surface area contributed by atoms with E-state index in [0.717, 1.165) is 5.56 Å². The van der Waals surface area contributed by atoms with Gasteiger partial charge >= 0.3 is 0 Å². The number of aromatic amines is 1. The maximum Gasteiger partial charge on any atom is 0.277 e. The molecular formula is C19H17N5O5S. The van der Waals surface area contributed by atoms with Crippen molar-refractivity contribution in [3.8, 4) is 5.75 Å². The summed E-state index contributed by atoms with van der Waals surface area (Å²) in [5.41, 5.74) is 6.26. The van der Waals surface area contributed by atoms with Crippen molar-refractivity contribution >= 4 is 34.9 Å². The van der Waals surface area contributed by atoms with Gasteiger partial charge in [0.25, 0.3) is 17.2 Å². The second kappa shape index (κ2) is 9.09. The summed E-state index contributed by atoms with van der Waals surface area (Å²) in [6.07, 6.45) is 0. The predicted octanol–water partition coefficient (Wildman–Crippen LogP) is 2.81. The highest BCUT2D eigenvalue weighted by atomic mass is 32.2. The Bertz CT molecular complexity index is 1130. The van der Waals surface area contributed by atoms with Crippen LogP contribution in [0.4, 0.5) is 17.2 Å². The summed E-state index contributed by atoms with van der Waals surface area (Å²) < 4.78 is 5.04. The normalized spacial score (nSPS) is 10.4. The van der Waals surface area contributed by atoms with Crippen LogP contribution < -0.4 is 21.3 Å². The van der Waals surface area contributed by atoms with Crippen LogP contribution in [0.5, 0.6) is 5.75 Å². The fourth-order valence-corrected chi connectivity index (χ4v) is 3.28. The van der Waals surface area contributed by atoms with Crippen molar-refractivity contribution < 1.29 is 14.5 Å². The number of nitro benzene ring substituents is 1. The number of carbonyl (C=O) groups is 1. The lowest BCUT2D eigenvalue weighted by Crippen LogP contribution is -2.23. The molecule has 0 unspecified atom stereocenters. The van der Waals surface area contributed by atoms with E-state index in [-0.39, 0.29) is 22.3 Å². The van der Waals surface area contributed by atoms with Crippen molar-refractivity contribution in [1.82, 2.24) is 9.97 Å². The quantitative estimate of drug-likeness (QED) is 0.225. The number of hydrogen-bond donors (Lipinski definition) is 3. The van der Waals surface area contributed by atoms with Crippen molar-refractivity contribution in [2.45, 2.75) is 10.9 Å². The number of nitro groups is 1. The number of benzene rings is 2. The molecule has 4 N–H and O–H groups in total. The summed E-state index contributed by atoms with van der Waals surface area (Å²) in [4.78, 5) is 41.6. The highest BCUT2D eigenvalue weighted by Gasteiger charge is 2.14. The Labute approximate surface area is 174 Å². The molecule has 0 fully saturated rings. The van der Waals surface area contributed by atoms with Gasteiger partial charge in [0.1, 0.15) is 11.4 Å². The Morgan fingerprint density at radius 3 is 2.47 bits per heavy atom. The summed E-state index contributed by atoms with van der Waals surface area (Å²) in [5, 5.41) is 13.4. The maximum atomic E-state index is 12.4. The number of nitrogens with one attached hydrogen (secondary N) is 2. The summed E-state index contributed by atoms with van der Waals surface area (Å²) in [6, 6.07) is 12.4. The van der Waals surface area contributed by atoms with Crippen LogP contribution in [-0.4, -0.2) is 27.9 Å². The summed E-state index contributed by atoms with van der Waals surface area (Å²) in [5.74, 6) is 0.382. The highest BCUT2D eigenvalue weighted by molar-refractivity contribution is 7.98. The van der Waals surface area contributed by atoms with Crippen molar-refractivity contribution in [3.05, 3.63) is 80.1 Å². The number of aromatic nitrogens is 2. The average Bonchev–Trinajstić information content (AvgIpc) is 2.75. The molecule has 10 nitrogen and oxygen atoms in total. The Morgan fingerprint density at radius 2 is 1.90 bits per heavy atom. The Balaban J connectivity index is 1.69. The zero-order valence-electron chi connectivity index (χ0n) is 15.7. The maximum absolute atomic E-state index is 12.4. The van der Waals surface area contributed by atoms with E-state index in [1.54, 1.807) is 36.4 Å². The van der Waals surface area contributed by atoms with Crippen LogP contribution in [-0.2, 0) is 5.75 Å². The minimum atomic E-state index is -0.587. The van der Waals surface area contributed by atoms with Crippen LogP contribution in [0.1, 0.15) is 15.9 Å². The topological polar surface area (TPSA) is 153 Å². The predicted molar refractivity (Wildman–Crippen MR) is 113 cm³/mol. The van der Waals surface area contributed by atoms with E-state index in [9.17, 15) is 19.7 Å². The number of H-pyrrole nitrogens is 1. The third kappa shape index (κ3) is 4.94. The zero-order chi connectivity index (χ0) is 21.7. The largest absolute Gasteiger partial charge is 0.497 e. The molecule has 0 saturated carbocycles. The first kappa shape index (κ1) is 20.9. The first-order valence-electron chi connectivity index (χ1n) is 8.58. The number of hydrogen-bond acceptors (Lipinski definition) is 8. The van der Waals surface area contributed by atoms with Crippen molar-refractivity contribution in [2.24, 2.45) is 0 Å². The van der Waals surface area contributed by atoms with E-state index in [4.69, 9.17) is 10.5 Å². The van der Waals surface area contributed by atoms with Crippen LogP contribution in [0.3, 0.4) is 0 Å². The van der Waals surface area contributed by atoms with Gasteiger partial charge < -0.3 is 15.8 Å². The molecule has 11 heteroatoms. The van der Waals surface area contributed by atoms with Crippen LogP contribution in [0, 0.1) is 10.1 Å². The smallest absolute Gasteiger partial charge is 0.277 e. The molecule has 3 aromatic rings. The number of ether oxygens (including phenoxy) is 1. The van der Waals surface area contributed by atoms with Gasteiger partial charge in [0.2, 0.25) is 0 Å². The molecule has 0 saturated heterocycles. The Hall–Kier alpha value is -3.86. The minimum absolute atomic E-state index is 0.00326. The van der Waals surface area contributed by atoms with E-state index in [1.165, 1.54) is 31.0 Å². The molecule has 0 spiro atoms. The van der Waals surface area contributed by atoms with Crippen LogP contribution in [0.15, 0.2) is 58.5 Å². The molecule has 0 atom stereocenters. The number of anilines is 2. The van der Waals surface area contributed by atoms with E-state index in [1.807, 2.05) is 0 Å². The minimum Gasteiger partial charge on any atom is -0.497 e. The summed E-state index contributed by atoms with van der Waals surface area (Å²) >= 11 is 1.20. The Kier molecular flexibility index (Phi) is 6.32. The Morgan fingerprint density at radius 1 is 1.23 bits per heavy atom. The fraction of sp³-hybridized carbons (Fsp3) is 0.105. The standard InChI is InChI=1S/C19H17N5O5S/c1-29-14-8-4-12(5-9-14)17(25)21-15-16(20)22-19(23-18(15)26)30-10-11-2-6-13(7-3-11)24(27)28/h2-9H,10H2,1H3,(H,21,25)(H3,20,22,23,26). The third-order valence-corrected chi connectivity index (χ3v) is 4.98. The second-order valence-electron chi connectivity index (χ2n) is 6.03. The van der Waals surface area contributed by atoms with Crippen LogP contribution in [0.2, 0.25) is 0 Å². The number of nitrogens with zero attached hydrogens (tertiary/aromatic N) is 2. The first-order chi connectivity index (χ1) is 14.4. The third-order valence-electron chi connectivity index (χ3n) is 4.04. The monoisotopic (exact) mass is 427 g/mol. The van der Waals surface area contributed by atoms with Gasteiger partial charge in [0.05, 0.1) is 12.0 Å². The van der Waals surface area contributed by atoms with Gasteiger partial charge in [-0.2, -0.15) is 0 Å². The number of rotatable bonds is 7. The van der Waals surface area contributed by atoms with Crippen molar-refractivity contribution in [3.63, 3.8) is 0 Å². The molecule has 0 aliphatic carbocycles. The molecular weight excluding hydrogens is 410 g/mol. The molecule has 2 aromatic carbocycles. The molecule has 30 heavy (non-hydrogen) atoms. The lowest BCUT2D eigenvalue weighted by atomic mass is 10.2. The molecule has 0 aliphatic heterocycles. The van der Waals surface area contributed by atoms with E-state index in [2.05, 4.69) is 15.3 Å². The number of non-ortho nitro benzene ring substituents is 1. The first-order valence-corrected chi connectivity index (χ1v) is 9.57. The number of amides is 1. The zero-order valence-corrected chi connectivity index (χ0v) is 16.6. The SMILES string of the molecule is COc1ccc(C(=O)Nc2c(N)nc(SCc3ccc([N+](=O)[O-])cc3)[nH]c2=O)cc1. The van der Waals surface area contributed by atoms with E-state index in [0.29, 0.717) is 17.1 Å². The van der Waals surface area contributed by atoms with Gasteiger partial charge in [-0.3, -0.25) is 24.7 Å². The number of nitrogen functional groups attached to an aromatic ring is 1. The molecule has 1 aromatic heterocycles. The average molecular weight is 427 g/mol. The van der Waals surface area contributed by atoms with Gasteiger partial charge in [0.15, 0.2) is 11.0 Å². The number of methoxy groups -OCH3 is 1. The van der Waals surface area contributed by atoms with Gasteiger partial charge in [-0.15, -0.1) is 0 Å². The van der Waals surface area contributed by atoms with Crippen LogP contribution >= 0.6 is 11.8 Å². The fourth-order valence-electron chi connectivity index (χ4n) is 2.45. The number of thioether (sulfide) groups is 1. The lowest BCUT2D eigenvalue weighted by molar-refractivity contribution is -0.384. The van der Waals surface area contributed by atoms with Crippen molar-refractivity contribution in [2.75, 3.05) is 18.2 Å².